The molecule has 0 aliphatic carbocycles. The molecule has 0 unspecified atom stereocenters. The molecule has 3 nitrogen and oxygen atoms in total. The summed E-state index contributed by atoms with van der Waals surface area (Å²) in [6.07, 6.45) is 0. The van der Waals surface area contributed by atoms with E-state index < -0.39 is 5.72 Å². The molecular weight excluding hydrogens is 152 g/mol. The second kappa shape index (κ2) is 3.03. The van der Waals surface area contributed by atoms with Crippen molar-refractivity contribution in [3.63, 3.8) is 0 Å². The van der Waals surface area contributed by atoms with Crippen LogP contribution in [0.5, 0.6) is 5.75 Å². The van der Waals surface area contributed by atoms with Gasteiger partial charge in [-0.2, -0.15) is 0 Å². The first-order chi connectivity index (χ1) is 5.49. The van der Waals surface area contributed by atoms with Gasteiger partial charge in [0.25, 0.3) is 0 Å². The molecule has 0 saturated carbocycles. The Morgan fingerprint density at radius 2 is 1.83 bits per heavy atom. The van der Waals surface area contributed by atoms with Gasteiger partial charge in [-0.1, -0.05) is 12.1 Å². The predicted octanol–water partition coefficient (Wildman–Crippen LogP) is 1.34. The summed E-state index contributed by atoms with van der Waals surface area (Å²) in [6, 6.07) is 7.29. The third-order valence-electron chi connectivity index (χ3n) is 1.29. The van der Waals surface area contributed by atoms with Crippen LogP contribution in [0.2, 0.25) is 0 Å². The van der Waals surface area contributed by atoms with E-state index in [9.17, 15) is 0 Å². The smallest absolute Gasteiger partial charge is 0.152 e. The van der Waals surface area contributed by atoms with Crippen molar-refractivity contribution in [1.29, 1.82) is 0 Å². The summed E-state index contributed by atoms with van der Waals surface area (Å²) in [5.74, 6) is 0.630. The molecule has 0 fully saturated rings. The van der Waals surface area contributed by atoms with Gasteiger partial charge >= 0.3 is 0 Å². The lowest BCUT2D eigenvalue weighted by Gasteiger charge is -2.21. The Balaban J connectivity index is 2.83. The number of anilines is 1. The zero-order valence-electron chi connectivity index (χ0n) is 7.37. The number of hydrogen-bond donors (Lipinski definition) is 2. The molecule has 0 aliphatic rings. The van der Waals surface area contributed by atoms with Crippen LogP contribution in [-0.2, 0) is 0 Å². The van der Waals surface area contributed by atoms with Crippen molar-refractivity contribution in [2.24, 2.45) is 5.73 Å². The molecule has 1 aromatic rings. The fourth-order valence-corrected chi connectivity index (χ4v) is 0.857. The van der Waals surface area contributed by atoms with Gasteiger partial charge in [0.15, 0.2) is 5.72 Å². The average molecular weight is 166 g/mol. The first kappa shape index (κ1) is 8.87. The second-order valence-electron chi connectivity index (χ2n) is 3.24. The van der Waals surface area contributed by atoms with E-state index in [0.717, 1.165) is 0 Å². The molecule has 3 heteroatoms. The molecule has 0 aromatic heterocycles. The third kappa shape index (κ3) is 2.43. The minimum absolute atomic E-state index is 0.607. The first-order valence-corrected chi connectivity index (χ1v) is 3.81. The number of rotatable bonds is 2. The first-order valence-electron chi connectivity index (χ1n) is 3.81. The lowest BCUT2D eigenvalue weighted by Crippen LogP contribution is -2.38. The largest absolute Gasteiger partial charge is 0.471 e. The summed E-state index contributed by atoms with van der Waals surface area (Å²) >= 11 is 0. The van der Waals surface area contributed by atoms with E-state index in [1.54, 1.807) is 26.0 Å². The van der Waals surface area contributed by atoms with E-state index in [1.165, 1.54) is 0 Å². The molecule has 1 rings (SSSR count). The topological polar surface area (TPSA) is 61.3 Å². The van der Waals surface area contributed by atoms with Gasteiger partial charge in [-0.3, -0.25) is 5.73 Å². The van der Waals surface area contributed by atoms with Gasteiger partial charge in [0, 0.05) is 0 Å². The molecule has 66 valence electrons. The molecule has 12 heavy (non-hydrogen) atoms. The maximum atomic E-state index is 5.66. The normalized spacial score (nSPS) is 11.2. The summed E-state index contributed by atoms with van der Waals surface area (Å²) in [7, 11) is 0. The van der Waals surface area contributed by atoms with Gasteiger partial charge in [0.05, 0.1) is 5.69 Å². The number of hydrogen-bond acceptors (Lipinski definition) is 3. The molecular formula is C9H14N2O. The van der Waals surface area contributed by atoms with Crippen molar-refractivity contribution in [3.8, 4) is 5.75 Å². The maximum absolute atomic E-state index is 5.66. The van der Waals surface area contributed by atoms with Crippen LogP contribution >= 0.6 is 0 Å². The van der Waals surface area contributed by atoms with Crippen molar-refractivity contribution >= 4 is 5.69 Å². The molecule has 0 radical (unpaired) electrons. The van der Waals surface area contributed by atoms with Gasteiger partial charge in [0.1, 0.15) is 5.75 Å². The van der Waals surface area contributed by atoms with Gasteiger partial charge < -0.3 is 10.5 Å². The summed E-state index contributed by atoms with van der Waals surface area (Å²) < 4.78 is 5.39. The fraction of sp³-hybridized carbons (Fsp3) is 0.333. The molecule has 0 heterocycles. The Labute approximate surface area is 72.3 Å². The number of benzene rings is 1. The Morgan fingerprint density at radius 3 is 2.33 bits per heavy atom. The van der Waals surface area contributed by atoms with Gasteiger partial charge in [-0.25, -0.2) is 0 Å². The van der Waals surface area contributed by atoms with Crippen LogP contribution in [0.25, 0.3) is 0 Å². The molecule has 0 saturated heterocycles. The molecule has 0 aliphatic heterocycles. The van der Waals surface area contributed by atoms with Crippen LogP contribution in [0.4, 0.5) is 5.69 Å². The fourth-order valence-electron chi connectivity index (χ4n) is 0.857. The molecule has 0 amide bonds. The quantitative estimate of drug-likeness (QED) is 0.515. The highest BCUT2D eigenvalue weighted by Gasteiger charge is 2.13. The Kier molecular flexibility index (Phi) is 2.24. The minimum atomic E-state index is -0.685. The van der Waals surface area contributed by atoms with Crippen molar-refractivity contribution in [2.75, 3.05) is 5.73 Å². The monoisotopic (exact) mass is 166 g/mol. The zero-order chi connectivity index (χ0) is 9.19. The van der Waals surface area contributed by atoms with Crippen molar-refractivity contribution in [1.82, 2.24) is 0 Å². The van der Waals surface area contributed by atoms with E-state index in [4.69, 9.17) is 16.2 Å². The van der Waals surface area contributed by atoms with Gasteiger partial charge in [-0.15, -0.1) is 0 Å². The standard InChI is InChI=1S/C9H14N2O/c1-9(2,11)12-8-6-4-3-5-7(8)10/h3-6H,10-11H2,1-2H3. The van der Waals surface area contributed by atoms with Gasteiger partial charge in [0.2, 0.25) is 0 Å². The van der Waals surface area contributed by atoms with E-state index in [0.29, 0.717) is 11.4 Å². The van der Waals surface area contributed by atoms with Crippen LogP contribution in [0, 0.1) is 0 Å². The Hall–Kier alpha value is -1.22. The van der Waals surface area contributed by atoms with Crippen LogP contribution < -0.4 is 16.2 Å². The maximum Gasteiger partial charge on any atom is 0.152 e. The van der Waals surface area contributed by atoms with Crippen molar-refractivity contribution in [2.45, 2.75) is 19.6 Å². The summed E-state index contributed by atoms with van der Waals surface area (Å²) in [5.41, 5.74) is 11.2. The number of ether oxygens (including phenoxy) is 1. The predicted molar refractivity (Wildman–Crippen MR) is 49.7 cm³/mol. The number of para-hydroxylation sites is 2. The number of nitrogens with two attached hydrogens (primary N) is 2. The molecule has 0 bridgehead atoms. The Bertz CT molecular complexity index is 265. The van der Waals surface area contributed by atoms with Crippen LogP contribution in [0.15, 0.2) is 24.3 Å². The lowest BCUT2D eigenvalue weighted by atomic mass is 10.3. The highest BCUT2D eigenvalue weighted by atomic mass is 16.5. The summed E-state index contributed by atoms with van der Waals surface area (Å²) in [5, 5.41) is 0. The average Bonchev–Trinajstić information content (AvgIpc) is 1.91. The van der Waals surface area contributed by atoms with Crippen LogP contribution in [0.1, 0.15) is 13.8 Å². The molecule has 1 aromatic carbocycles. The third-order valence-corrected chi connectivity index (χ3v) is 1.29. The van der Waals surface area contributed by atoms with E-state index in [1.807, 2.05) is 12.1 Å². The highest BCUT2D eigenvalue weighted by molar-refractivity contribution is 5.51. The summed E-state index contributed by atoms with van der Waals surface area (Å²) in [6.45, 7) is 3.55. The van der Waals surface area contributed by atoms with Crippen molar-refractivity contribution in [3.05, 3.63) is 24.3 Å². The van der Waals surface area contributed by atoms with E-state index in [2.05, 4.69) is 0 Å². The molecule has 4 N–H and O–H groups in total. The molecule has 0 spiro atoms. The summed E-state index contributed by atoms with van der Waals surface area (Å²) in [4.78, 5) is 0. The van der Waals surface area contributed by atoms with E-state index in [-0.39, 0.29) is 0 Å². The second-order valence-corrected chi connectivity index (χ2v) is 3.24. The Morgan fingerprint density at radius 1 is 1.25 bits per heavy atom. The number of nitrogen functional groups attached to an aromatic ring is 1. The minimum Gasteiger partial charge on any atom is -0.471 e. The van der Waals surface area contributed by atoms with Crippen molar-refractivity contribution < 1.29 is 4.74 Å². The highest BCUT2D eigenvalue weighted by Crippen LogP contribution is 2.22. The molecule has 0 atom stereocenters. The van der Waals surface area contributed by atoms with Crippen LogP contribution in [-0.4, -0.2) is 5.72 Å². The SMILES string of the molecule is CC(C)(N)Oc1ccccc1N. The van der Waals surface area contributed by atoms with Crippen LogP contribution in [0.3, 0.4) is 0 Å². The lowest BCUT2D eigenvalue weighted by molar-refractivity contribution is 0.118. The zero-order valence-corrected chi connectivity index (χ0v) is 7.37. The van der Waals surface area contributed by atoms with Gasteiger partial charge in [-0.05, 0) is 26.0 Å². The van der Waals surface area contributed by atoms with E-state index >= 15 is 0 Å².